The molecular weight excluding hydrogens is 214 g/mol. The summed E-state index contributed by atoms with van der Waals surface area (Å²) in [5, 5.41) is 6.19. The van der Waals surface area contributed by atoms with Crippen molar-refractivity contribution in [2.24, 2.45) is 0 Å². The molecule has 1 aromatic carbocycles. The highest BCUT2D eigenvalue weighted by Crippen LogP contribution is 2.25. The van der Waals surface area contributed by atoms with Crippen molar-refractivity contribution < 1.29 is 4.79 Å². The summed E-state index contributed by atoms with van der Waals surface area (Å²) in [6, 6.07) is 10.3. The molecule has 0 aromatic heterocycles. The molecule has 1 amide bonds. The molecule has 0 bridgehead atoms. The number of hydrogen-bond donors (Lipinski definition) is 2. The van der Waals surface area contributed by atoms with Crippen LogP contribution in [0.5, 0.6) is 0 Å². The number of amides is 1. The number of β-lactam (4-membered cyclic amide) rings is 1. The molecule has 17 heavy (non-hydrogen) atoms. The molecule has 2 aliphatic heterocycles. The van der Waals surface area contributed by atoms with Gasteiger partial charge in [0.25, 0.3) is 0 Å². The number of piperazine rings is 1. The highest BCUT2D eigenvalue weighted by molar-refractivity contribution is 5.93. The largest absolute Gasteiger partial charge is 0.352 e. The molecule has 2 heterocycles. The first kappa shape index (κ1) is 10.7. The summed E-state index contributed by atoms with van der Waals surface area (Å²) in [7, 11) is 0. The molecule has 0 radical (unpaired) electrons. The number of nitrogens with zero attached hydrogens (tertiary/aromatic N) is 1. The van der Waals surface area contributed by atoms with E-state index in [0.717, 1.165) is 32.7 Å². The molecule has 1 unspecified atom stereocenters. The molecular formula is C13H17N3O. The Labute approximate surface area is 101 Å². The van der Waals surface area contributed by atoms with Crippen LogP contribution < -0.4 is 10.6 Å². The molecule has 2 fully saturated rings. The van der Waals surface area contributed by atoms with Crippen LogP contribution in [0.4, 0.5) is 0 Å². The van der Waals surface area contributed by atoms with Crippen LogP contribution in [0.2, 0.25) is 0 Å². The van der Waals surface area contributed by atoms with Crippen LogP contribution in [-0.4, -0.2) is 42.5 Å². The highest BCUT2D eigenvalue weighted by atomic mass is 16.2. The third-order valence-electron chi connectivity index (χ3n) is 3.76. The Balaban J connectivity index is 1.79. The highest BCUT2D eigenvalue weighted by Gasteiger charge is 2.51. The van der Waals surface area contributed by atoms with E-state index in [0.29, 0.717) is 0 Å². The van der Waals surface area contributed by atoms with Crippen molar-refractivity contribution in [1.29, 1.82) is 0 Å². The second-order valence-corrected chi connectivity index (χ2v) is 4.80. The van der Waals surface area contributed by atoms with Crippen molar-refractivity contribution in [3.8, 4) is 0 Å². The summed E-state index contributed by atoms with van der Waals surface area (Å²) in [4.78, 5) is 14.1. The minimum atomic E-state index is -0.298. The lowest BCUT2D eigenvalue weighted by atomic mass is 9.86. The van der Waals surface area contributed by atoms with Crippen molar-refractivity contribution in [3.05, 3.63) is 35.9 Å². The maximum absolute atomic E-state index is 11.8. The van der Waals surface area contributed by atoms with Gasteiger partial charge in [0, 0.05) is 32.7 Å². The summed E-state index contributed by atoms with van der Waals surface area (Å²) in [6.07, 6.45) is 0. The first-order valence-corrected chi connectivity index (χ1v) is 6.09. The van der Waals surface area contributed by atoms with E-state index < -0.39 is 0 Å². The van der Waals surface area contributed by atoms with E-state index in [2.05, 4.69) is 27.7 Å². The van der Waals surface area contributed by atoms with Crippen molar-refractivity contribution in [2.75, 3.05) is 26.2 Å². The Hall–Kier alpha value is -1.39. The first-order chi connectivity index (χ1) is 8.31. The van der Waals surface area contributed by atoms with E-state index in [1.807, 2.05) is 18.2 Å². The van der Waals surface area contributed by atoms with E-state index in [4.69, 9.17) is 0 Å². The van der Waals surface area contributed by atoms with Gasteiger partial charge in [0.2, 0.25) is 5.91 Å². The number of nitrogens with one attached hydrogen (secondary N) is 2. The third-order valence-corrected chi connectivity index (χ3v) is 3.76. The Morgan fingerprint density at radius 2 is 2.06 bits per heavy atom. The molecule has 2 saturated heterocycles. The summed E-state index contributed by atoms with van der Waals surface area (Å²) < 4.78 is 0. The standard InChI is InChI=1S/C13H17N3O/c17-12-13(10-15-12)9-14-6-7-16(13)8-11-4-2-1-3-5-11/h1-5,14H,6-10H2,(H,15,17). The fourth-order valence-electron chi connectivity index (χ4n) is 2.63. The fraction of sp³-hybridized carbons (Fsp3) is 0.462. The second-order valence-electron chi connectivity index (χ2n) is 4.80. The van der Waals surface area contributed by atoms with Gasteiger partial charge in [-0.3, -0.25) is 9.69 Å². The monoisotopic (exact) mass is 231 g/mol. The smallest absolute Gasteiger partial charge is 0.243 e. The van der Waals surface area contributed by atoms with Crippen LogP contribution >= 0.6 is 0 Å². The van der Waals surface area contributed by atoms with E-state index in [1.54, 1.807) is 0 Å². The number of benzene rings is 1. The van der Waals surface area contributed by atoms with Crippen molar-refractivity contribution >= 4 is 5.91 Å². The number of rotatable bonds is 2. The molecule has 1 atom stereocenters. The predicted octanol–water partition coefficient (Wildman–Crippen LogP) is -0.0396. The average molecular weight is 231 g/mol. The lowest BCUT2D eigenvalue weighted by Crippen LogP contribution is -2.78. The lowest BCUT2D eigenvalue weighted by molar-refractivity contribution is -0.146. The van der Waals surface area contributed by atoms with Gasteiger partial charge in [-0.25, -0.2) is 0 Å². The van der Waals surface area contributed by atoms with Crippen molar-refractivity contribution in [3.63, 3.8) is 0 Å². The molecule has 1 aromatic rings. The zero-order chi connectivity index (χ0) is 11.7. The zero-order valence-electron chi connectivity index (χ0n) is 9.78. The third kappa shape index (κ3) is 1.73. The maximum Gasteiger partial charge on any atom is 0.243 e. The Bertz CT molecular complexity index is 420. The van der Waals surface area contributed by atoms with Gasteiger partial charge in [-0.15, -0.1) is 0 Å². The summed E-state index contributed by atoms with van der Waals surface area (Å²) in [5.74, 6) is 0.167. The fourth-order valence-corrected chi connectivity index (χ4v) is 2.63. The van der Waals surface area contributed by atoms with Gasteiger partial charge in [-0.05, 0) is 5.56 Å². The first-order valence-electron chi connectivity index (χ1n) is 6.09. The molecule has 4 nitrogen and oxygen atoms in total. The summed E-state index contributed by atoms with van der Waals surface area (Å²) in [5.41, 5.74) is 0.974. The SMILES string of the molecule is O=C1NCC12CNCCN2Cc1ccccc1. The second kappa shape index (κ2) is 4.13. The minimum absolute atomic E-state index is 0.167. The number of carbonyl (C=O) groups excluding carboxylic acids is 1. The molecule has 2 N–H and O–H groups in total. The number of hydrogen-bond acceptors (Lipinski definition) is 3. The normalized spacial score (nSPS) is 28.8. The van der Waals surface area contributed by atoms with Gasteiger partial charge in [-0.1, -0.05) is 30.3 Å². The molecule has 0 saturated carbocycles. The van der Waals surface area contributed by atoms with E-state index in [-0.39, 0.29) is 11.4 Å². The molecule has 3 rings (SSSR count). The van der Waals surface area contributed by atoms with Gasteiger partial charge in [-0.2, -0.15) is 0 Å². The van der Waals surface area contributed by atoms with Gasteiger partial charge in [0.1, 0.15) is 5.54 Å². The molecule has 2 aliphatic rings. The minimum Gasteiger partial charge on any atom is -0.352 e. The van der Waals surface area contributed by atoms with Gasteiger partial charge in [0.05, 0.1) is 0 Å². The lowest BCUT2D eigenvalue weighted by Gasteiger charge is -2.51. The van der Waals surface area contributed by atoms with Crippen molar-refractivity contribution in [1.82, 2.24) is 15.5 Å². The topological polar surface area (TPSA) is 44.4 Å². The van der Waals surface area contributed by atoms with Gasteiger partial charge < -0.3 is 10.6 Å². The number of carbonyl (C=O) groups is 1. The Kier molecular flexibility index (Phi) is 2.61. The van der Waals surface area contributed by atoms with Crippen LogP contribution in [0, 0.1) is 0 Å². The Morgan fingerprint density at radius 1 is 1.24 bits per heavy atom. The maximum atomic E-state index is 11.8. The quantitative estimate of drug-likeness (QED) is 0.702. The van der Waals surface area contributed by atoms with Crippen LogP contribution in [0.1, 0.15) is 5.56 Å². The zero-order valence-corrected chi connectivity index (χ0v) is 9.78. The van der Waals surface area contributed by atoms with Crippen LogP contribution in [0.15, 0.2) is 30.3 Å². The van der Waals surface area contributed by atoms with Gasteiger partial charge >= 0.3 is 0 Å². The molecule has 4 heteroatoms. The van der Waals surface area contributed by atoms with Crippen LogP contribution in [-0.2, 0) is 11.3 Å². The summed E-state index contributed by atoms with van der Waals surface area (Å²) >= 11 is 0. The van der Waals surface area contributed by atoms with E-state index in [9.17, 15) is 4.79 Å². The van der Waals surface area contributed by atoms with Crippen molar-refractivity contribution in [2.45, 2.75) is 12.1 Å². The van der Waals surface area contributed by atoms with Crippen LogP contribution in [0.25, 0.3) is 0 Å². The Morgan fingerprint density at radius 3 is 2.71 bits per heavy atom. The molecule has 1 spiro atoms. The summed E-state index contributed by atoms with van der Waals surface area (Å²) in [6.45, 7) is 4.29. The average Bonchev–Trinajstić information content (AvgIpc) is 2.39. The molecule has 90 valence electrons. The van der Waals surface area contributed by atoms with E-state index >= 15 is 0 Å². The molecule has 0 aliphatic carbocycles. The van der Waals surface area contributed by atoms with Gasteiger partial charge in [0.15, 0.2) is 0 Å². The van der Waals surface area contributed by atoms with E-state index in [1.165, 1.54) is 5.56 Å². The predicted molar refractivity (Wildman–Crippen MR) is 65.5 cm³/mol. The van der Waals surface area contributed by atoms with Crippen LogP contribution in [0.3, 0.4) is 0 Å².